The topological polar surface area (TPSA) is 125 Å². The summed E-state index contributed by atoms with van der Waals surface area (Å²) in [6.07, 6.45) is 5.16. The number of hydrogen-bond acceptors (Lipinski definition) is 7. The maximum Gasteiger partial charge on any atom is 0.270 e. The van der Waals surface area contributed by atoms with Crippen molar-refractivity contribution in [3.05, 3.63) is 52.3 Å². The van der Waals surface area contributed by atoms with Crippen LogP contribution in [0.2, 0.25) is 0 Å². The van der Waals surface area contributed by atoms with Gasteiger partial charge in [-0.3, -0.25) is 19.7 Å². The molecule has 3 aromatic rings. The van der Waals surface area contributed by atoms with E-state index in [0.29, 0.717) is 23.5 Å². The highest BCUT2D eigenvalue weighted by molar-refractivity contribution is 5.98. The van der Waals surface area contributed by atoms with Gasteiger partial charge in [0.05, 0.1) is 4.92 Å². The summed E-state index contributed by atoms with van der Waals surface area (Å²) in [6, 6.07) is 6.54. The Morgan fingerprint density at radius 1 is 1.35 bits per heavy atom. The maximum atomic E-state index is 11.1. The zero-order chi connectivity index (χ0) is 18.3. The molecule has 0 aliphatic carbocycles. The van der Waals surface area contributed by atoms with Crippen LogP contribution in [-0.4, -0.2) is 37.8 Å². The molecule has 9 heteroatoms. The minimum absolute atomic E-state index is 0.00326. The van der Waals surface area contributed by atoms with E-state index in [0.717, 1.165) is 16.8 Å². The van der Waals surface area contributed by atoms with E-state index in [1.807, 2.05) is 23.8 Å². The van der Waals surface area contributed by atoms with Gasteiger partial charge in [-0.05, 0) is 18.6 Å². The van der Waals surface area contributed by atoms with Crippen LogP contribution in [0.25, 0.3) is 22.4 Å². The van der Waals surface area contributed by atoms with Crippen LogP contribution in [-0.2, 0) is 0 Å². The van der Waals surface area contributed by atoms with Gasteiger partial charge in [0.25, 0.3) is 5.69 Å². The molecule has 4 rings (SSSR count). The number of aromatic nitrogens is 3. The van der Waals surface area contributed by atoms with Crippen LogP contribution < -0.4 is 5.73 Å². The number of non-ortho nitro benzene ring substituents is 1. The van der Waals surface area contributed by atoms with Crippen molar-refractivity contribution in [2.45, 2.75) is 19.5 Å². The van der Waals surface area contributed by atoms with E-state index in [1.165, 1.54) is 18.5 Å². The number of benzene rings is 1. The highest BCUT2D eigenvalue weighted by atomic mass is 16.6. The molecule has 0 bridgehead atoms. The molecule has 0 saturated carbocycles. The Labute approximate surface area is 148 Å². The molecule has 3 heterocycles. The van der Waals surface area contributed by atoms with Gasteiger partial charge >= 0.3 is 0 Å². The molecule has 0 spiro atoms. The Morgan fingerprint density at radius 2 is 2.19 bits per heavy atom. The molecule has 0 fully saturated rings. The van der Waals surface area contributed by atoms with Crippen molar-refractivity contribution < 1.29 is 4.92 Å². The molecule has 1 atom stereocenters. The summed E-state index contributed by atoms with van der Waals surface area (Å²) in [4.78, 5) is 28.0. The van der Waals surface area contributed by atoms with Gasteiger partial charge in [-0.1, -0.05) is 6.07 Å². The van der Waals surface area contributed by atoms with Crippen molar-refractivity contribution in [2.75, 3.05) is 0 Å². The number of aryl methyl sites for hydroxylation is 1. The molecular weight excluding hydrogens is 334 g/mol. The summed E-state index contributed by atoms with van der Waals surface area (Å²) in [5.74, 6) is 1.16. The first-order valence-corrected chi connectivity index (χ1v) is 7.97. The van der Waals surface area contributed by atoms with Crippen molar-refractivity contribution in [3.8, 4) is 11.4 Å². The average molecular weight is 349 g/mol. The van der Waals surface area contributed by atoms with Crippen molar-refractivity contribution in [1.82, 2.24) is 14.5 Å². The number of hydrogen-bond donors (Lipinski definition) is 1. The number of aliphatic imine (C=N–C) groups is 2. The normalized spacial score (nSPS) is 16.7. The predicted molar refractivity (Wildman–Crippen MR) is 98.3 cm³/mol. The van der Waals surface area contributed by atoms with E-state index in [2.05, 4.69) is 20.0 Å². The second-order valence-corrected chi connectivity index (χ2v) is 6.00. The van der Waals surface area contributed by atoms with Crippen LogP contribution in [0.15, 0.2) is 46.6 Å². The molecule has 2 N–H and O–H groups in total. The number of nitro groups is 1. The van der Waals surface area contributed by atoms with E-state index in [4.69, 9.17) is 5.73 Å². The summed E-state index contributed by atoms with van der Waals surface area (Å²) in [5, 5.41) is 11.9. The largest absolute Gasteiger partial charge is 0.309 e. The Hall–Kier alpha value is -3.46. The number of fused-ring (bicyclic) bond motifs is 1. The minimum atomic E-state index is -0.429. The van der Waals surface area contributed by atoms with Crippen LogP contribution in [0.3, 0.4) is 0 Å². The molecule has 130 valence electrons. The summed E-state index contributed by atoms with van der Waals surface area (Å²) in [6.45, 7) is 1.87. The highest BCUT2D eigenvalue weighted by Crippen LogP contribution is 2.26. The molecule has 0 saturated heterocycles. The lowest BCUT2D eigenvalue weighted by atomic mass is 10.1. The second-order valence-electron chi connectivity index (χ2n) is 6.00. The Bertz CT molecular complexity index is 1080. The van der Waals surface area contributed by atoms with Gasteiger partial charge in [0.1, 0.15) is 24.0 Å². The van der Waals surface area contributed by atoms with Gasteiger partial charge in [0.2, 0.25) is 0 Å². The van der Waals surface area contributed by atoms with Crippen molar-refractivity contribution in [3.63, 3.8) is 0 Å². The molecule has 2 aromatic heterocycles. The van der Waals surface area contributed by atoms with E-state index >= 15 is 0 Å². The zero-order valence-corrected chi connectivity index (χ0v) is 13.9. The van der Waals surface area contributed by atoms with Crippen molar-refractivity contribution >= 4 is 28.9 Å². The van der Waals surface area contributed by atoms with E-state index in [1.54, 1.807) is 12.3 Å². The predicted octanol–water partition coefficient (Wildman–Crippen LogP) is 2.28. The monoisotopic (exact) mass is 349 g/mol. The summed E-state index contributed by atoms with van der Waals surface area (Å²) < 4.78 is 1.85. The Balaban J connectivity index is 1.85. The highest BCUT2D eigenvalue weighted by Gasteiger charge is 2.17. The van der Waals surface area contributed by atoms with Gasteiger partial charge in [-0.25, -0.2) is 15.0 Å². The summed E-state index contributed by atoms with van der Waals surface area (Å²) in [7, 11) is 0. The second kappa shape index (κ2) is 6.12. The minimum Gasteiger partial charge on any atom is -0.309 e. The SMILES string of the molecule is Cc1ccc([N+](=O)[O-])cc1-c1ncc2ccn(C3=NC=NC(N)C3)c2n1. The number of nitrogens with zero attached hydrogens (tertiary/aromatic N) is 6. The lowest BCUT2D eigenvalue weighted by Gasteiger charge is -2.14. The van der Waals surface area contributed by atoms with E-state index in [-0.39, 0.29) is 11.9 Å². The molecule has 1 aromatic carbocycles. The van der Waals surface area contributed by atoms with E-state index < -0.39 is 4.92 Å². The maximum absolute atomic E-state index is 11.1. The van der Waals surface area contributed by atoms with Crippen LogP contribution in [0.1, 0.15) is 12.0 Å². The van der Waals surface area contributed by atoms with E-state index in [9.17, 15) is 10.1 Å². The third-order valence-electron chi connectivity index (χ3n) is 4.23. The van der Waals surface area contributed by atoms with Crippen molar-refractivity contribution in [2.24, 2.45) is 15.7 Å². The zero-order valence-electron chi connectivity index (χ0n) is 13.9. The third kappa shape index (κ3) is 2.74. The average Bonchev–Trinajstić information content (AvgIpc) is 3.05. The first-order chi connectivity index (χ1) is 12.5. The van der Waals surface area contributed by atoms with Gasteiger partial charge < -0.3 is 5.73 Å². The Morgan fingerprint density at radius 3 is 2.96 bits per heavy atom. The molecule has 26 heavy (non-hydrogen) atoms. The molecule has 9 nitrogen and oxygen atoms in total. The molecule has 0 amide bonds. The molecule has 1 aliphatic heterocycles. The fourth-order valence-corrected chi connectivity index (χ4v) is 2.86. The van der Waals surface area contributed by atoms with Crippen molar-refractivity contribution in [1.29, 1.82) is 0 Å². The molecular formula is C17H15N7O2. The van der Waals surface area contributed by atoms with Crippen LogP contribution in [0.5, 0.6) is 0 Å². The number of nitro benzene ring substituents is 1. The first-order valence-electron chi connectivity index (χ1n) is 7.97. The quantitative estimate of drug-likeness (QED) is 0.561. The van der Waals surface area contributed by atoms with Gasteiger partial charge in [-0.15, -0.1) is 0 Å². The molecule has 1 aliphatic rings. The Kier molecular flexibility index (Phi) is 3.77. The standard InChI is InChI=1S/C17H15N7O2/c1-10-2-3-12(24(25)26)6-13(10)16-19-8-11-4-5-23(17(11)22-16)15-7-14(18)20-9-21-15/h2-6,8-9,14H,7,18H2,1H3. The smallest absolute Gasteiger partial charge is 0.270 e. The third-order valence-corrected chi connectivity index (χ3v) is 4.23. The molecule has 0 radical (unpaired) electrons. The fraction of sp³-hybridized carbons (Fsp3) is 0.176. The van der Waals surface area contributed by atoms with Crippen LogP contribution in [0.4, 0.5) is 5.69 Å². The molecule has 1 unspecified atom stereocenters. The number of rotatable bonds is 2. The lowest BCUT2D eigenvalue weighted by molar-refractivity contribution is -0.384. The van der Waals surface area contributed by atoms with Crippen LogP contribution in [0, 0.1) is 17.0 Å². The number of nitrogens with two attached hydrogens (primary N) is 1. The summed E-state index contributed by atoms with van der Waals surface area (Å²) in [5.41, 5.74) is 8.03. The fourth-order valence-electron chi connectivity index (χ4n) is 2.86. The first kappa shape index (κ1) is 16.0. The van der Waals surface area contributed by atoms with Gasteiger partial charge in [0, 0.05) is 41.9 Å². The van der Waals surface area contributed by atoms with Gasteiger partial charge in [0.15, 0.2) is 5.82 Å². The van der Waals surface area contributed by atoms with Crippen LogP contribution >= 0.6 is 0 Å². The van der Waals surface area contributed by atoms with Gasteiger partial charge in [-0.2, -0.15) is 0 Å². The summed E-state index contributed by atoms with van der Waals surface area (Å²) >= 11 is 0. The lowest BCUT2D eigenvalue weighted by Crippen LogP contribution is -2.28.